The van der Waals surface area contributed by atoms with Crippen molar-refractivity contribution >= 4 is 11.3 Å². The van der Waals surface area contributed by atoms with Crippen molar-refractivity contribution in [2.24, 2.45) is 0 Å². The van der Waals surface area contributed by atoms with E-state index >= 15 is 0 Å². The Hall–Kier alpha value is -1.16. The van der Waals surface area contributed by atoms with Gasteiger partial charge in [0.1, 0.15) is 5.01 Å². The van der Waals surface area contributed by atoms with E-state index in [0.29, 0.717) is 0 Å². The molecule has 2 aromatic heterocycles. The molecule has 0 N–H and O–H groups in total. The number of nitrogens with zero attached hydrogens (tertiary/aromatic N) is 3. The van der Waals surface area contributed by atoms with Gasteiger partial charge in [0.25, 0.3) is 0 Å². The molecule has 2 heterocycles. The molecule has 3 nitrogen and oxygen atoms in total. The molecule has 0 bridgehead atoms. The zero-order valence-electron chi connectivity index (χ0n) is 7.69. The number of aryl methyl sites for hydroxylation is 2. The molecule has 0 saturated heterocycles. The number of hydrogen-bond donors (Lipinski definition) is 0. The molecule has 0 fully saturated rings. The summed E-state index contributed by atoms with van der Waals surface area (Å²) in [6.07, 6.45) is 1.98. The molecule has 0 aliphatic carbocycles. The van der Waals surface area contributed by atoms with Crippen molar-refractivity contribution in [3.63, 3.8) is 0 Å². The van der Waals surface area contributed by atoms with Crippen LogP contribution in [0.15, 0.2) is 17.6 Å². The Balaban J connectivity index is 2.14. The van der Waals surface area contributed by atoms with Gasteiger partial charge in [-0.25, -0.2) is 4.98 Å². The summed E-state index contributed by atoms with van der Waals surface area (Å²) in [7, 11) is 0. The summed E-state index contributed by atoms with van der Waals surface area (Å²) >= 11 is 1.68. The van der Waals surface area contributed by atoms with E-state index in [0.717, 1.165) is 22.9 Å². The van der Waals surface area contributed by atoms with E-state index in [9.17, 15) is 0 Å². The van der Waals surface area contributed by atoms with Crippen LogP contribution in [0, 0.1) is 13.8 Å². The highest BCUT2D eigenvalue weighted by atomic mass is 32.1. The minimum atomic E-state index is 0.784. The van der Waals surface area contributed by atoms with Gasteiger partial charge in [-0.05, 0) is 19.9 Å². The smallest absolute Gasteiger partial charge is 0.114 e. The maximum atomic E-state index is 4.37. The van der Waals surface area contributed by atoms with E-state index in [2.05, 4.69) is 15.5 Å². The fraction of sp³-hybridized carbons (Fsp3) is 0.333. The van der Waals surface area contributed by atoms with Crippen LogP contribution >= 0.6 is 11.3 Å². The minimum absolute atomic E-state index is 0.784. The van der Waals surface area contributed by atoms with Crippen LogP contribution in [-0.2, 0) is 6.54 Å². The lowest BCUT2D eigenvalue weighted by Gasteiger charge is -1.95. The second-order valence-corrected chi connectivity index (χ2v) is 3.98. The third-order valence-electron chi connectivity index (χ3n) is 1.74. The lowest BCUT2D eigenvalue weighted by atomic mass is 10.5. The number of hydrogen-bond acceptors (Lipinski definition) is 3. The van der Waals surface area contributed by atoms with Crippen LogP contribution in [0.3, 0.4) is 0 Å². The SMILES string of the molecule is Cc1csc(Cn2ccc(C)n2)n1. The summed E-state index contributed by atoms with van der Waals surface area (Å²) in [4.78, 5) is 4.37. The predicted octanol–water partition coefficient (Wildman–Crippen LogP) is 2.00. The van der Waals surface area contributed by atoms with Crippen molar-refractivity contribution in [3.05, 3.63) is 34.0 Å². The van der Waals surface area contributed by atoms with Gasteiger partial charge in [-0.2, -0.15) is 5.10 Å². The lowest BCUT2D eigenvalue weighted by Crippen LogP contribution is -1.99. The summed E-state index contributed by atoms with van der Waals surface area (Å²) < 4.78 is 1.91. The molecule has 13 heavy (non-hydrogen) atoms. The Labute approximate surface area is 81.1 Å². The van der Waals surface area contributed by atoms with Gasteiger partial charge < -0.3 is 0 Å². The predicted molar refractivity (Wildman–Crippen MR) is 52.9 cm³/mol. The molecule has 68 valence electrons. The molecule has 2 aromatic rings. The van der Waals surface area contributed by atoms with Crippen molar-refractivity contribution in [2.45, 2.75) is 20.4 Å². The quantitative estimate of drug-likeness (QED) is 0.730. The fourth-order valence-electron chi connectivity index (χ4n) is 1.17. The van der Waals surface area contributed by atoms with Crippen LogP contribution in [-0.4, -0.2) is 14.8 Å². The minimum Gasteiger partial charge on any atom is -0.266 e. The van der Waals surface area contributed by atoms with E-state index in [4.69, 9.17) is 0 Å². The van der Waals surface area contributed by atoms with Crippen molar-refractivity contribution in [1.82, 2.24) is 14.8 Å². The van der Waals surface area contributed by atoms with E-state index in [1.165, 1.54) is 0 Å². The van der Waals surface area contributed by atoms with Crippen molar-refractivity contribution in [3.8, 4) is 0 Å². The molecule has 0 saturated carbocycles. The highest BCUT2D eigenvalue weighted by molar-refractivity contribution is 7.09. The van der Waals surface area contributed by atoms with Crippen LogP contribution in [0.1, 0.15) is 16.4 Å². The Bertz CT molecular complexity index is 364. The molecule has 0 aliphatic heterocycles. The van der Waals surface area contributed by atoms with Crippen LogP contribution in [0.25, 0.3) is 0 Å². The summed E-state index contributed by atoms with van der Waals surface area (Å²) in [5.74, 6) is 0. The first kappa shape index (κ1) is 8.44. The molecule has 0 spiro atoms. The molecular weight excluding hydrogens is 182 g/mol. The average Bonchev–Trinajstić information content (AvgIpc) is 2.62. The second kappa shape index (κ2) is 3.30. The zero-order chi connectivity index (χ0) is 9.26. The van der Waals surface area contributed by atoms with Crippen LogP contribution < -0.4 is 0 Å². The molecule has 4 heteroatoms. The van der Waals surface area contributed by atoms with Gasteiger partial charge in [-0.15, -0.1) is 11.3 Å². The third kappa shape index (κ3) is 1.95. The van der Waals surface area contributed by atoms with E-state index < -0.39 is 0 Å². The number of aromatic nitrogens is 3. The first-order valence-corrected chi connectivity index (χ1v) is 5.03. The van der Waals surface area contributed by atoms with Gasteiger partial charge in [0.15, 0.2) is 0 Å². The molecule has 0 amide bonds. The van der Waals surface area contributed by atoms with Crippen molar-refractivity contribution in [2.75, 3.05) is 0 Å². The molecule has 2 rings (SSSR count). The Morgan fingerprint density at radius 1 is 1.38 bits per heavy atom. The molecule has 0 atom stereocenters. The van der Waals surface area contributed by atoms with Gasteiger partial charge >= 0.3 is 0 Å². The molecule has 0 aliphatic rings. The Morgan fingerprint density at radius 2 is 2.23 bits per heavy atom. The van der Waals surface area contributed by atoms with E-state index in [1.54, 1.807) is 11.3 Å². The first-order chi connectivity index (χ1) is 6.24. The van der Waals surface area contributed by atoms with E-state index in [-0.39, 0.29) is 0 Å². The van der Waals surface area contributed by atoms with Crippen molar-refractivity contribution in [1.29, 1.82) is 0 Å². The molecule has 0 unspecified atom stereocenters. The summed E-state index contributed by atoms with van der Waals surface area (Å²) in [5, 5.41) is 7.47. The highest BCUT2D eigenvalue weighted by Gasteiger charge is 2.00. The summed E-state index contributed by atoms with van der Waals surface area (Å²) in [6, 6.07) is 2.00. The molecule has 0 radical (unpaired) electrons. The summed E-state index contributed by atoms with van der Waals surface area (Å²) in [6.45, 7) is 4.78. The first-order valence-electron chi connectivity index (χ1n) is 4.15. The highest BCUT2D eigenvalue weighted by Crippen LogP contribution is 2.09. The molecule has 0 aromatic carbocycles. The average molecular weight is 193 g/mol. The number of rotatable bonds is 2. The Morgan fingerprint density at radius 3 is 2.77 bits per heavy atom. The Kier molecular flexibility index (Phi) is 2.14. The lowest BCUT2D eigenvalue weighted by molar-refractivity contribution is 0.675. The summed E-state index contributed by atoms with van der Waals surface area (Å²) in [5.41, 5.74) is 2.14. The van der Waals surface area contributed by atoms with Crippen molar-refractivity contribution < 1.29 is 0 Å². The maximum absolute atomic E-state index is 4.37. The normalized spacial score (nSPS) is 10.6. The third-order valence-corrected chi connectivity index (χ3v) is 2.69. The zero-order valence-corrected chi connectivity index (χ0v) is 8.51. The maximum Gasteiger partial charge on any atom is 0.114 e. The van der Waals surface area contributed by atoms with Crippen LogP contribution in [0.5, 0.6) is 0 Å². The number of thiazole rings is 1. The largest absolute Gasteiger partial charge is 0.266 e. The van der Waals surface area contributed by atoms with Crippen LogP contribution in [0.2, 0.25) is 0 Å². The van der Waals surface area contributed by atoms with Gasteiger partial charge in [-0.1, -0.05) is 0 Å². The van der Waals surface area contributed by atoms with Gasteiger partial charge in [-0.3, -0.25) is 4.68 Å². The standard InChI is InChI=1S/C9H11N3S/c1-7-3-4-12(11-7)5-9-10-8(2)6-13-9/h3-4,6H,5H2,1-2H3. The topological polar surface area (TPSA) is 30.7 Å². The second-order valence-electron chi connectivity index (χ2n) is 3.04. The fourth-order valence-corrected chi connectivity index (χ4v) is 1.93. The van der Waals surface area contributed by atoms with Gasteiger partial charge in [0.05, 0.1) is 12.2 Å². The monoisotopic (exact) mass is 193 g/mol. The molecular formula is C9H11N3S. The van der Waals surface area contributed by atoms with Crippen LogP contribution in [0.4, 0.5) is 0 Å². The van der Waals surface area contributed by atoms with E-state index in [1.807, 2.05) is 30.8 Å². The van der Waals surface area contributed by atoms with Gasteiger partial charge in [0.2, 0.25) is 0 Å². The van der Waals surface area contributed by atoms with Gasteiger partial charge in [0, 0.05) is 17.3 Å².